The van der Waals surface area contributed by atoms with Crippen LogP contribution in [0.5, 0.6) is 5.75 Å². The zero-order chi connectivity index (χ0) is 20.4. The quantitative estimate of drug-likeness (QED) is 0.722. The van der Waals surface area contributed by atoms with Crippen molar-refractivity contribution in [3.05, 3.63) is 89.2 Å². The average Bonchev–Trinajstić information content (AvgIpc) is 2.72. The topological polar surface area (TPSA) is 58.6 Å². The van der Waals surface area contributed by atoms with Crippen LogP contribution in [0.4, 0.5) is 15.8 Å². The first kappa shape index (κ1) is 18.7. The molecule has 0 atom stereocenters. The molecule has 1 heterocycles. The van der Waals surface area contributed by atoms with Crippen molar-refractivity contribution in [3.63, 3.8) is 0 Å². The highest BCUT2D eigenvalue weighted by atomic mass is 19.1. The number of aryl methyl sites for hydroxylation is 1. The van der Waals surface area contributed by atoms with Gasteiger partial charge >= 0.3 is 0 Å². The highest BCUT2D eigenvalue weighted by Gasteiger charge is 2.26. The Morgan fingerprint density at radius 2 is 1.86 bits per heavy atom. The molecule has 146 valence electrons. The number of carbonyl (C=O) groups is 2. The molecular formula is C23H19FN2O3. The van der Waals surface area contributed by atoms with Gasteiger partial charge in [-0.2, -0.15) is 0 Å². The van der Waals surface area contributed by atoms with Crippen LogP contribution in [0.2, 0.25) is 0 Å². The van der Waals surface area contributed by atoms with E-state index < -0.39 is 0 Å². The van der Waals surface area contributed by atoms with E-state index >= 15 is 0 Å². The number of anilines is 2. The van der Waals surface area contributed by atoms with E-state index in [9.17, 15) is 14.0 Å². The molecule has 0 aliphatic carbocycles. The Balaban J connectivity index is 1.56. The molecule has 2 amide bonds. The van der Waals surface area contributed by atoms with Crippen molar-refractivity contribution in [1.29, 1.82) is 0 Å². The molecule has 0 saturated carbocycles. The van der Waals surface area contributed by atoms with Crippen LogP contribution in [0.3, 0.4) is 0 Å². The van der Waals surface area contributed by atoms with Crippen molar-refractivity contribution in [2.24, 2.45) is 0 Å². The number of rotatable bonds is 4. The first-order chi connectivity index (χ1) is 14.0. The number of benzene rings is 3. The van der Waals surface area contributed by atoms with Crippen LogP contribution >= 0.6 is 0 Å². The van der Waals surface area contributed by atoms with E-state index in [1.54, 1.807) is 48.5 Å². The van der Waals surface area contributed by atoms with Crippen LogP contribution < -0.4 is 15.0 Å². The summed E-state index contributed by atoms with van der Waals surface area (Å²) in [7, 11) is 0. The number of carbonyl (C=O) groups excluding carboxylic acids is 2. The number of amides is 2. The second-order valence-electron chi connectivity index (χ2n) is 6.86. The van der Waals surface area contributed by atoms with Crippen molar-refractivity contribution in [2.75, 3.05) is 16.8 Å². The van der Waals surface area contributed by atoms with Gasteiger partial charge in [-0.05, 0) is 37.3 Å². The summed E-state index contributed by atoms with van der Waals surface area (Å²) in [6.07, 6.45) is 0. The monoisotopic (exact) mass is 390 g/mol. The highest BCUT2D eigenvalue weighted by molar-refractivity contribution is 6.05. The molecular weight excluding hydrogens is 371 g/mol. The summed E-state index contributed by atoms with van der Waals surface area (Å²) < 4.78 is 19.6. The van der Waals surface area contributed by atoms with Crippen LogP contribution in [0.1, 0.15) is 21.5 Å². The fraction of sp³-hybridized carbons (Fsp3) is 0.130. The number of nitrogens with zero attached hydrogens (tertiary/aromatic N) is 1. The molecule has 3 aromatic carbocycles. The SMILES string of the molecule is Cc1ccc(C(=O)Nc2ccc3c(c2)OCC(=O)N3Cc2ccccc2F)cc1. The summed E-state index contributed by atoms with van der Waals surface area (Å²) >= 11 is 0. The average molecular weight is 390 g/mol. The molecule has 0 radical (unpaired) electrons. The zero-order valence-electron chi connectivity index (χ0n) is 15.8. The van der Waals surface area contributed by atoms with Gasteiger partial charge in [0.2, 0.25) is 0 Å². The fourth-order valence-corrected chi connectivity index (χ4v) is 3.16. The fourth-order valence-electron chi connectivity index (χ4n) is 3.16. The number of ether oxygens (including phenoxy) is 1. The molecule has 0 fully saturated rings. The third kappa shape index (κ3) is 3.96. The second kappa shape index (κ2) is 7.75. The van der Waals surface area contributed by atoms with E-state index in [-0.39, 0.29) is 30.8 Å². The largest absolute Gasteiger partial charge is 0.481 e. The number of hydrogen-bond donors (Lipinski definition) is 1. The Morgan fingerprint density at radius 3 is 2.62 bits per heavy atom. The van der Waals surface area contributed by atoms with Crippen LogP contribution in [0.15, 0.2) is 66.7 Å². The van der Waals surface area contributed by atoms with Gasteiger partial charge < -0.3 is 15.0 Å². The molecule has 0 bridgehead atoms. The highest BCUT2D eigenvalue weighted by Crippen LogP contribution is 2.35. The number of hydrogen-bond acceptors (Lipinski definition) is 3. The lowest BCUT2D eigenvalue weighted by Gasteiger charge is -2.30. The van der Waals surface area contributed by atoms with Crippen molar-refractivity contribution in [3.8, 4) is 5.75 Å². The first-order valence-electron chi connectivity index (χ1n) is 9.20. The summed E-state index contributed by atoms with van der Waals surface area (Å²) in [4.78, 5) is 26.3. The van der Waals surface area contributed by atoms with Crippen LogP contribution in [0.25, 0.3) is 0 Å². The summed E-state index contributed by atoms with van der Waals surface area (Å²) in [5.74, 6) is -0.393. The maximum Gasteiger partial charge on any atom is 0.265 e. The Morgan fingerprint density at radius 1 is 1.10 bits per heavy atom. The maximum absolute atomic E-state index is 14.0. The molecule has 29 heavy (non-hydrogen) atoms. The van der Waals surface area contributed by atoms with Gasteiger partial charge in [0.15, 0.2) is 6.61 Å². The molecule has 1 N–H and O–H groups in total. The lowest BCUT2D eigenvalue weighted by atomic mass is 10.1. The lowest BCUT2D eigenvalue weighted by Crippen LogP contribution is -2.38. The molecule has 0 spiro atoms. The van der Waals surface area contributed by atoms with Gasteiger partial charge in [0.1, 0.15) is 11.6 Å². The minimum Gasteiger partial charge on any atom is -0.481 e. The number of halogens is 1. The van der Waals surface area contributed by atoms with Gasteiger partial charge in [0.25, 0.3) is 11.8 Å². The molecule has 1 aliphatic heterocycles. The maximum atomic E-state index is 14.0. The predicted octanol–water partition coefficient (Wildman–Crippen LogP) is 4.31. The van der Waals surface area contributed by atoms with Gasteiger partial charge in [-0.1, -0.05) is 35.9 Å². The normalized spacial score (nSPS) is 12.9. The van der Waals surface area contributed by atoms with Crippen molar-refractivity contribution >= 4 is 23.2 Å². The second-order valence-corrected chi connectivity index (χ2v) is 6.86. The van der Waals surface area contributed by atoms with Crippen molar-refractivity contribution < 1.29 is 18.7 Å². The molecule has 3 aromatic rings. The van der Waals surface area contributed by atoms with Gasteiger partial charge in [-0.25, -0.2) is 4.39 Å². The zero-order valence-corrected chi connectivity index (χ0v) is 15.8. The Kier molecular flexibility index (Phi) is 4.99. The van der Waals surface area contributed by atoms with E-state index in [4.69, 9.17) is 4.74 Å². The summed E-state index contributed by atoms with van der Waals surface area (Å²) in [6, 6.07) is 18.7. The van der Waals surface area contributed by atoms with Crippen LogP contribution in [-0.2, 0) is 11.3 Å². The molecule has 0 unspecified atom stereocenters. The van der Waals surface area contributed by atoms with Crippen LogP contribution in [-0.4, -0.2) is 18.4 Å². The van der Waals surface area contributed by atoms with E-state index in [0.717, 1.165) is 5.56 Å². The van der Waals surface area contributed by atoms with Gasteiger partial charge in [0, 0.05) is 22.9 Å². The molecule has 1 aliphatic rings. The first-order valence-corrected chi connectivity index (χ1v) is 9.20. The van der Waals surface area contributed by atoms with Crippen molar-refractivity contribution in [2.45, 2.75) is 13.5 Å². The smallest absolute Gasteiger partial charge is 0.265 e. The van der Waals surface area contributed by atoms with E-state index in [1.807, 2.05) is 19.1 Å². The Labute approximate surface area is 167 Å². The molecule has 0 saturated heterocycles. The molecule has 0 aromatic heterocycles. The van der Waals surface area contributed by atoms with Gasteiger partial charge in [0.05, 0.1) is 12.2 Å². The molecule has 4 rings (SSSR count). The van der Waals surface area contributed by atoms with E-state index in [1.165, 1.54) is 11.0 Å². The summed E-state index contributed by atoms with van der Waals surface area (Å²) in [6.45, 7) is 1.92. The summed E-state index contributed by atoms with van der Waals surface area (Å²) in [5, 5.41) is 2.83. The van der Waals surface area contributed by atoms with Gasteiger partial charge in [-0.15, -0.1) is 0 Å². The molecule has 5 nitrogen and oxygen atoms in total. The predicted molar refractivity (Wildman–Crippen MR) is 109 cm³/mol. The number of nitrogens with one attached hydrogen (secondary N) is 1. The van der Waals surface area contributed by atoms with Gasteiger partial charge in [-0.3, -0.25) is 9.59 Å². The van der Waals surface area contributed by atoms with Crippen LogP contribution in [0, 0.1) is 12.7 Å². The minimum absolute atomic E-state index is 0.108. The van der Waals surface area contributed by atoms with E-state index in [2.05, 4.69) is 5.32 Å². The van der Waals surface area contributed by atoms with E-state index in [0.29, 0.717) is 28.3 Å². The third-order valence-corrected chi connectivity index (χ3v) is 4.76. The lowest BCUT2D eigenvalue weighted by molar-refractivity contribution is -0.121. The summed E-state index contributed by atoms with van der Waals surface area (Å²) in [5.41, 5.74) is 3.13. The molecule has 6 heteroatoms. The Bertz CT molecular complexity index is 1080. The number of fused-ring (bicyclic) bond motifs is 1. The van der Waals surface area contributed by atoms with Crippen molar-refractivity contribution in [1.82, 2.24) is 0 Å². The Hall–Kier alpha value is -3.67. The minimum atomic E-state index is -0.365. The standard InChI is InChI=1S/C23H19FN2O3/c1-15-6-8-16(9-7-15)23(28)25-18-10-11-20-21(12-18)29-14-22(27)26(20)13-17-4-2-3-5-19(17)24/h2-12H,13-14H2,1H3,(H,25,28). The third-order valence-electron chi connectivity index (χ3n) is 4.76.